The number of amidine groups is 1. The van der Waals surface area contributed by atoms with Crippen molar-refractivity contribution in [2.75, 3.05) is 11.9 Å². The Morgan fingerprint density at radius 2 is 2.00 bits per heavy atom. The van der Waals surface area contributed by atoms with E-state index in [0.29, 0.717) is 5.92 Å². The monoisotopic (exact) mass is 247 g/mol. The Balaban J connectivity index is 2.09. The predicted molar refractivity (Wildman–Crippen MR) is 72.0 cm³/mol. The summed E-state index contributed by atoms with van der Waals surface area (Å²) in [5.41, 5.74) is 1.11. The number of nitro groups is 1. The number of non-ortho nitro benzene ring substituents is 1. The topological polar surface area (TPSA) is 67.5 Å². The van der Waals surface area contributed by atoms with Gasteiger partial charge in [0.05, 0.1) is 4.92 Å². The van der Waals surface area contributed by atoms with Crippen LogP contribution in [0.5, 0.6) is 0 Å². The molecular formula is C13H17N3O2. The van der Waals surface area contributed by atoms with Crippen LogP contribution in [0.3, 0.4) is 0 Å². The summed E-state index contributed by atoms with van der Waals surface area (Å²) in [6.07, 6.45) is 0. The molecule has 0 amide bonds. The van der Waals surface area contributed by atoms with Crippen LogP contribution in [0.2, 0.25) is 0 Å². The quantitative estimate of drug-likeness (QED) is 0.645. The summed E-state index contributed by atoms with van der Waals surface area (Å²) in [5, 5.41) is 13.8. The van der Waals surface area contributed by atoms with Crippen molar-refractivity contribution in [1.29, 1.82) is 0 Å². The second-order valence-corrected chi connectivity index (χ2v) is 5.34. The summed E-state index contributed by atoms with van der Waals surface area (Å²) in [5.74, 6) is 1.31. The molecule has 0 bridgehead atoms. The Morgan fingerprint density at radius 1 is 1.39 bits per heavy atom. The van der Waals surface area contributed by atoms with Crippen molar-refractivity contribution >= 4 is 17.2 Å². The molecule has 1 heterocycles. The second kappa shape index (κ2) is 4.40. The first-order chi connectivity index (χ1) is 8.40. The van der Waals surface area contributed by atoms with Gasteiger partial charge in [-0.15, -0.1) is 0 Å². The third-order valence-corrected chi connectivity index (χ3v) is 3.59. The molecule has 1 N–H and O–H groups in total. The Morgan fingerprint density at radius 3 is 2.44 bits per heavy atom. The van der Waals surface area contributed by atoms with Gasteiger partial charge in [-0.3, -0.25) is 15.1 Å². The van der Waals surface area contributed by atoms with Crippen molar-refractivity contribution in [2.45, 2.75) is 20.8 Å². The standard InChI is InChI=1S/C13H17N3O2/c1-9-12(14-8-13(9,2)3)15-10-4-6-11(7-5-10)16(17)18/h4-7,9H,8H2,1-3H3,(H,14,15). The number of nitrogens with one attached hydrogen (secondary N) is 1. The maximum atomic E-state index is 10.6. The highest BCUT2D eigenvalue weighted by molar-refractivity contribution is 5.98. The lowest BCUT2D eigenvalue weighted by atomic mass is 9.82. The molecule has 18 heavy (non-hydrogen) atoms. The fourth-order valence-corrected chi connectivity index (χ4v) is 1.90. The molecule has 0 fully saturated rings. The highest BCUT2D eigenvalue weighted by Gasteiger charge is 2.34. The van der Waals surface area contributed by atoms with Gasteiger partial charge in [0.2, 0.25) is 0 Å². The normalized spacial score (nSPS) is 21.5. The van der Waals surface area contributed by atoms with Gasteiger partial charge in [0.25, 0.3) is 5.69 Å². The van der Waals surface area contributed by atoms with Crippen LogP contribution in [0.4, 0.5) is 11.4 Å². The molecule has 1 unspecified atom stereocenters. The van der Waals surface area contributed by atoms with Gasteiger partial charge in [0, 0.05) is 30.3 Å². The Hall–Kier alpha value is -1.91. The molecule has 96 valence electrons. The molecule has 1 aliphatic rings. The SMILES string of the molecule is CC1C(Nc2ccc([N+](=O)[O-])cc2)=NCC1(C)C. The largest absolute Gasteiger partial charge is 0.344 e. The van der Waals surface area contributed by atoms with Gasteiger partial charge >= 0.3 is 0 Å². The average Bonchev–Trinajstić information content (AvgIpc) is 2.57. The van der Waals surface area contributed by atoms with Crippen LogP contribution in [0, 0.1) is 21.4 Å². The zero-order chi connectivity index (χ0) is 13.3. The van der Waals surface area contributed by atoms with Gasteiger partial charge in [-0.05, 0) is 17.5 Å². The molecule has 5 nitrogen and oxygen atoms in total. The molecule has 1 aromatic carbocycles. The zero-order valence-corrected chi connectivity index (χ0v) is 10.8. The number of hydrogen-bond acceptors (Lipinski definition) is 4. The lowest BCUT2D eigenvalue weighted by molar-refractivity contribution is -0.384. The number of rotatable bonds is 2. The summed E-state index contributed by atoms with van der Waals surface area (Å²) < 4.78 is 0. The molecule has 0 spiro atoms. The van der Waals surface area contributed by atoms with Crippen LogP contribution >= 0.6 is 0 Å². The van der Waals surface area contributed by atoms with E-state index in [1.807, 2.05) is 0 Å². The van der Waals surface area contributed by atoms with Crippen molar-refractivity contribution in [3.8, 4) is 0 Å². The van der Waals surface area contributed by atoms with Gasteiger partial charge in [-0.1, -0.05) is 20.8 Å². The van der Waals surface area contributed by atoms with Crippen molar-refractivity contribution < 1.29 is 4.92 Å². The molecular weight excluding hydrogens is 230 g/mol. The summed E-state index contributed by atoms with van der Waals surface area (Å²) in [4.78, 5) is 14.6. The number of hydrogen-bond donors (Lipinski definition) is 1. The number of anilines is 1. The minimum Gasteiger partial charge on any atom is -0.344 e. The number of nitrogens with zero attached hydrogens (tertiary/aromatic N) is 2. The van der Waals surface area contributed by atoms with E-state index in [9.17, 15) is 10.1 Å². The highest BCUT2D eigenvalue weighted by atomic mass is 16.6. The Bertz CT molecular complexity index is 491. The van der Waals surface area contributed by atoms with Crippen LogP contribution in [0.1, 0.15) is 20.8 Å². The predicted octanol–water partition coefficient (Wildman–Crippen LogP) is 3.08. The van der Waals surface area contributed by atoms with Crippen molar-refractivity contribution in [2.24, 2.45) is 16.3 Å². The van der Waals surface area contributed by atoms with Crippen LogP contribution in [0.25, 0.3) is 0 Å². The van der Waals surface area contributed by atoms with E-state index in [0.717, 1.165) is 18.1 Å². The third kappa shape index (κ3) is 2.34. The van der Waals surface area contributed by atoms with E-state index in [4.69, 9.17) is 0 Å². The summed E-state index contributed by atoms with van der Waals surface area (Å²) >= 11 is 0. The zero-order valence-electron chi connectivity index (χ0n) is 10.8. The number of benzene rings is 1. The average molecular weight is 247 g/mol. The van der Waals surface area contributed by atoms with Gasteiger partial charge in [0.15, 0.2) is 0 Å². The first-order valence-corrected chi connectivity index (χ1v) is 5.96. The van der Waals surface area contributed by atoms with E-state index in [2.05, 4.69) is 31.1 Å². The van der Waals surface area contributed by atoms with Gasteiger partial charge < -0.3 is 5.32 Å². The number of nitro benzene ring substituents is 1. The second-order valence-electron chi connectivity index (χ2n) is 5.34. The van der Waals surface area contributed by atoms with E-state index >= 15 is 0 Å². The summed E-state index contributed by atoms with van der Waals surface area (Å²) in [6.45, 7) is 7.32. The van der Waals surface area contributed by atoms with E-state index < -0.39 is 4.92 Å². The van der Waals surface area contributed by atoms with Crippen LogP contribution < -0.4 is 5.32 Å². The minimum absolute atomic E-state index is 0.0993. The molecule has 5 heteroatoms. The fourth-order valence-electron chi connectivity index (χ4n) is 1.90. The molecule has 0 aliphatic carbocycles. The van der Waals surface area contributed by atoms with Gasteiger partial charge in [-0.25, -0.2) is 0 Å². The number of aliphatic imine (C=N–C) groups is 1. The summed E-state index contributed by atoms with van der Waals surface area (Å²) in [7, 11) is 0. The Kier molecular flexibility index (Phi) is 3.07. The molecule has 2 rings (SSSR count). The molecule has 0 saturated carbocycles. The van der Waals surface area contributed by atoms with Crippen LogP contribution in [0.15, 0.2) is 29.3 Å². The van der Waals surface area contributed by atoms with Crippen molar-refractivity contribution in [3.05, 3.63) is 34.4 Å². The molecule has 1 aromatic rings. The molecule has 1 atom stereocenters. The maximum Gasteiger partial charge on any atom is 0.269 e. The first kappa shape index (κ1) is 12.5. The van der Waals surface area contributed by atoms with Gasteiger partial charge in [0.1, 0.15) is 5.84 Å². The third-order valence-electron chi connectivity index (χ3n) is 3.59. The van der Waals surface area contributed by atoms with Crippen molar-refractivity contribution in [3.63, 3.8) is 0 Å². The van der Waals surface area contributed by atoms with Crippen LogP contribution in [-0.2, 0) is 0 Å². The van der Waals surface area contributed by atoms with Crippen molar-refractivity contribution in [1.82, 2.24) is 0 Å². The molecule has 1 aliphatic heterocycles. The Labute approximate surface area is 106 Å². The smallest absolute Gasteiger partial charge is 0.269 e. The van der Waals surface area contributed by atoms with Crippen LogP contribution in [-0.4, -0.2) is 17.3 Å². The van der Waals surface area contributed by atoms with E-state index in [-0.39, 0.29) is 11.1 Å². The lowest BCUT2D eigenvalue weighted by Gasteiger charge is -2.23. The summed E-state index contributed by atoms with van der Waals surface area (Å²) in [6, 6.07) is 6.40. The van der Waals surface area contributed by atoms with E-state index in [1.54, 1.807) is 12.1 Å². The highest BCUT2D eigenvalue weighted by Crippen LogP contribution is 2.33. The van der Waals surface area contributed by atoms with E-state index in [1.165, 1.54) is 12.1 Å². The van der Waals surface area contributed by atoms with Gasteiger partial charge in [-0.2, -0.15) is 0 Å². The first-order valence-electron chi connectivity index (χ1n) is 5.96. The molecule has 0 aromatic heterocycles. The molecule has 0 radical (unpaired) electrons. The molecule has 0 saturated heterocycles. The maximum absolute atomic E-state index is 10.6. The fraction of sp³-hybridized carbons (Fsp3) is 0.462. The lowest BCUT2D eigenvalue weighted by Crippen LogP contribution is -2.27. The minimum atomic E-state index is -0.400.